The largest absolute Gasteiger partial charge is 1.00 e. The van der Waals surface area contributed by atoms with Crippen molar-refractivity contribution in [2.24, 2.45) is 11.8 Å². The van der Waals surface area contributed by atoms with Crippen LogP contribution in [0.15, 0.2) is 54.7 Å². The molecule has 222 valence electrons. The van der Waals surface area contributed by atoms with Gasteiger partial charge in [0.2, 0.25) is 5.88 Å². The standard InChI is InChI=1S/C36H44N2O4.Na/c1-22-6-5-7-23(2)38(22)21-30-18-28(12-14-31(30)27-16-17-37-34(20-27)41-4)32-15-13-25-8-11-29(19-33(25)42-32)35(26-9-10-26)24(3)36(39)40;/h8,11-12,14,16-20,22-24,26,32,35H,5-7,9-10,13,15,21H2,1-4H3,(H,39,40);/q;+1/p-1/t22-,23-,24-,32?,35-;/m0./s1. The number of piperidine rings is 1. The van der Waals surface area contributed by atoms with Crippen LogP contribution in [0.4, 0.5) is 0 Å². The van der Waals surface area contributed by atoms with Gasteiger partial charge in [-0.1, -0.05) is 43.7 Å². The van der Waals surface area contributed by atoms with E-state index in [2.05, 4.69) is 66.2 Å². The van der Waals surface area contributed by atoms with Crippen molar-refractivity contribution < 1.29 is 48.9 Å². The molecule has 7 heteroatoms. The van der Waals surface area contributed by atoms with Gasteiger partial charge in [-0.05, 0) is 110 Å². The van der Waals surface area contributed by atoms with Crippen LogP contribution in [0.25, 0.3) is 11.1 Å². The van der Waals surface area contributed by atoms with Crippen molar-refractivity contribution in [3.05, 3.63) is 77.0 Å². The number of carbonyl (C=O) groups excluding carboxylic acids is 1. The Hall–Kier alpha value is -2.38. The number of likely N-dealkylation sites (tertiary alicyclic amines) is 1. The van der Waals surface area contributed by atoms with Crippen molar-refractivity contribution in [3.63, 3.8) is 0 Å². The maximum absolute atomic E-state index is 11.8. The molecule has 6 nitrogen and oxygen atoms in total. The summed E-state index contributed by atoms with van der Waals surface area (Å²) in [7, 11) is 1.66. The van der Waals surface area contributed by atoms with Crippen LogP contribution in [-0.2, 0) is 17.8 Å². The number of nitrogens with zero attached hydrogens (tertiary/aromatic N) is 2. The van der Waals surface area contributed by atoms with Gasteiger partial charge in [0.25, 0.3) is 0 Å². The Bertz CT molecular complexity index is 1430. The second kappa shape index (κ2) is 13.7. The molecule has 0 bridgehead atoms. The van der Waals surface area contributed by atoms with E-state index >= 15 is 0 Å². The molecular weight excluding hydrogens is 547 g/mol. The van der Waals surface area contributed by atoms with E-state index in [1.807, 2.05) is 12.3 Å². The summed E-state index contributed by atoms with van der Waals surface area (Å²) in [5.41, 5.74) is 7.04. The molecule has 1 saturated carbocycles. The predicted octanol–water partition coefficient (Wildman–Crippen LogP) is 3.47. The van der Waals surface area contributed by atoms with Crippen LogP contribution in [0, 0.1) is 11.8 Å². The third-order valence-corrected chi connectivity index (χ3v) is 9.95. The van der Waals surface area contributed by atoms with Crippen molar-refractivity contribution in [2.75, 3.05) is 7.11 Å². The van der Waals surface area contributed by atoms with Crippen LogP contribution in [0.1, 0.15) is 93.6 Å². The first-order chi connectivity index (χ1) is 20.3. The van der Waals surface area contributed by atoms with E-state index in [1.54, 1.807) is 14.0 Å². The molecule has 5 atom stereocenters. The zero-order chi connectivity index (χ0) is 29.4. The van der Waals surface area contributed by atoms with Crippen molar-refractivity contribution in [1.82, 2.24) is 9.88 Å². The second-order valence-corrected chi connectivity index (χ2v) is 12.8. The van der Waals surface area contributed by atoms with Crippen molar-refractivity contribution >= 4 is 5.97 Å². The van der Waals surface area contributed by atoms with Crippen LogP contribution >= 0.6 is 0 Å². The topological polar surface area (TPSA) is 74.7 Å². The zero-order valence-electron chi connectivity index (χ0n) is 26.3. The number of benzene rings is 2. The monoisotopic (exact) mass is 590 g/mol. The van der Waals surface area contributed by atoms with Gasteiger partial charge in [0.05, 0.1) is 7.11 Å². The smallest absolute Gasteiger partial charge is 0.550 e. The predicted molar refractivity (Wildman–Crippen MR) is 162 cm³/mol. The molecule has 1 unspecified atom stereocenters. The molecule has 1 aliphatic carbocycles. The third kappa shape index (κ3) is 6.98. The number of hydrogen-bond donors (Lipinski definition) is 0. The molecule has 0 radical (unpaired) electrons. The number of rotatable bonds is 9. The molecule has 43 heavy (non-hydrogen) atoms. The fourth-order valence-corrected chi connectivity index (χ4v) is 7.30. The van der Waals surface area contributed by atoms with E-state index in [9.17, 15) is 9.90 Å². The molecular formula is C36H43N2NaO4. The van der Waals surface area contributed by atoms with Crippen molar-refractivity contribution in [2.45, 2.75) is 96.4 Å². The first-order valence-corrected chi connectivity index (χ1v) is 15.7. The van der Waals surface area contributed by atoms with Gasteiger partial charge < -0.3 is 19.4 Å². The molecule has 0 amide bonds. The summed E-state index contributed by atoms with van der Waals surface area (Å²) in [5.74, 6) is 0.403. The number of aryl methyl sites for hydroxylation is 1. The number of carboxylic acid groups (broad SMARTS) is 1. The SMILES string of the molecule is COc1cc(-c2ccc(C3CCc4ccc([C@H](C5CC5)[C@H](C)C(=O)[O-])cc4O3)cc2CN2[C@@H](C)CCC[C@@H]2C)ccn1.[Na+]. The first-order valence-electron chi connectivity index (χ1n) is 15.7. The Morgan fingerprint density at radius 3 is 2.51 bits per heavy atom. The van der Waals surface area contributed by atoms with Gasteiger partial charge >= 0.3 is 29.6 Å². The fraction of sp³-hybridized carbons (Fsp3) is 0.500. The van der Waals surface area contributed by atoms with Gasteiger partial charge in [-0.3, -0.25) is 4.90 Å². The number of pyridine rings is 1. The summed E-state index contributed by atoms with van der Waals surface area (Å²) in [6.45, 7) is 7.37. The van der Waals surface area contributed by atoms with Gasteiger partial charge in [0.1, 0.15) is 11.9 Å². The van der Waals surface area contributed by atoms with E-state index in [0.29, 0.717) is 23.9 Å². The average Bonchev–Trinajstić information content (AvgIpc) is 3.84. The fourth-order valence-electron chi connectivity index (χ4n) is 7.30. The summed E-state index contributed by atoms with van der Waals surface area (Å²) in [6, 6.07) is 18.3. The molecule has 1 aromatic heterocycles. The average molecular weight is 591 g/mol. The summed E-state index contributed by atoms with van der Waals surface area (Å²) in [4.78, 5) is 18.8. The first kappa shape index (κ1) is 32.0. The summed E-state index contributed by atoms with van der Waals surface area (Å²) >= 11 is 0. The van der Waals surface area contributed by atoms with Crippen molar-refractivity contribution in [3.8, 4) is 22.8 Å². The molecule has 3 aliphatic rings. The molecule has 3 aromatic rings. The number of methoxy groups -OCH3 is 1. The van der Waals surface area contributed by atoms with Crippen LogP contribution in [0.5, 0.6) is 11.6 Å². The quantitative estimate of drug-likeness (QED) is 0.356. The number of aromatic nitrogens is 1. The molecule has 3 heterocycles. The number of hydrogen-bond acceptors (Lipinski definition) is 6. The third-order valence-electron chi connectivity index (χ3n) is 9.95. The van der Waals surface area contributed by atoms with Crippen molar-refractivity contribution in [1.29, 1.82) is 0 Å². The molecule has 6 rings (SSSR count). The van der Waals surface area contributed by atoms with Gasteiger partial charge in [0, 0.05) is 42.8 Å². The van der Waals surface area contributed by atoms with Crippen LogP contribution < -0.4 is 44.1 Å². The van der Waals surface area contributed by atoms with E-state index < -0.39 is 11.9 Å². The molecule has 0 spiro atoms. The number of aliphatic carboxylic acids is 1. The van der Waals surface area contributed by atoms with Gasteiger partial charge in [-0.2, -0.15) is 0 Å². The summed E-state index contributed by atoms with van der Waals surface area (Å²) in [5, 5.41) is 11.8. The van der Waals surface area contributed by atoms with Crippen LogP contribution in [-0.4, -0.2) is 35.0 Å². The normalized spacial score (nSPS) is 23.3. The van der Waals surface area contributed by atoms with Crippen LogP contribution in [0.3, 0.4) is 0 Å². The molecule has 2 fully saturated rings. The Morgan fingerprint density at radius 2 is 1.81 bits per heavy atom. The Kier molecular flexibility index (Phi) is 10.2. The zero-order valence-corrected chi connectivity index (χ0v) is 28.3. The minimum absolute atomic E-state index is 0. The van der Waals surface area contributed by atoms with E-state index in [-0.39, 0.29) is 41.6 Å². The summed E-state index contributed by atoms with van der Waals surface area (Å²) in [6.07, 6.45) is 9.50. The van der Waals surface area contributed by atoms with E-state index in [4.69, 9.17) is 9.47 Å². The Balaban J connectivity index is 0.00000368. The molecule has 2 aliphatic heterocycles. The molecule has 1 saturated heterocycles. The maximum Gasteiger partial charge on any atom is 1.00 e. The number of fused-ring (bicyclic) bond motifs is 1. The van der Waals surface area contributed by atoms with Gasteiger partial charge in [0.15, 0.2) is 0 Å². The van der Waals surface area contributed by atoms with E-state index in [0.717, 1.165) is 49.1 Å². The summed E-state index contributed by atoms with van der Waals surface area (Å²) < 4.78 is 12.2. The van der Waals surface area contributed by atoms with E-state index in [1.165, 1.54) is 41.5 Å². The minimum Gasteiger partial charge on any atom is -0.550 e. The Labute approximate surface area is 278 Å². The molecule has 0 N–H and O–H groups in total. The Morgan fingerprint density at radius 1 is 1.05 bits per heavy atom. The number of carbonyl (C=O) groups is 1. The number of carboxylic acids is 1. The van der Waals surface area contributed by atoms with Gasteiger partial charge in [-0.25, -0.2) is 4.98 Å². The number of ether oxygens (including phenoxy) is 2. The van der Waals surface area contributed by atoms with Crippen LogP contribution in [0.2, 0.25) is 0 Å². The van der Waals surface area contributed by atoms with Gasteiger partial charge in [-0.15, -0.1) is 0 Å². The second-order valence-electron chi connectivity index (χ2n) is 12.8. The molecule has 2 aromatic carbocycles. The maximum atomic E-state index is 11.8. The minimum atomic E-state index is -0.972.